The van der Waals surface area contributed by atoms with Crippen LogP contribution in [-0.4, -0.2) is 42.7 Å². The third-order valence-corrected chi connectivity index (χ3v) is 4.77. The van der Waals surface area contributed by atoms with Crippen LogP contribution in [0.1, 0.15) is 64.0 Å². The van der Waals surface area contributed by atoms with E-state index < -0.39 is 5.60 Å². The number of amides is 1. The molecule has 140 valence electrons. The number of rotatable bonds is 6. The van der Waals surface area contributed by atoms with E-state index in [1.807, 2.05) is 33.9 Å². The van der Waals surface area contributed by atoms with Crippen molar-refractivity contribution in [2.24, 2.45) is 0 Å². The van der Waals surface area contributed by atoms with Crippen LogP contribution in [0.3, 0.4) is 0 Å². The minimum atomic E-state index is -0.916. The number of likely N-dealkylation sites (N-methyl/N-ethyl adjacent to an activating group) is 1. The molecule has 1 atom stereocenters. The van der Waals surface area contributed by atoms with Crippen molar-refractivity contribution >= 4 is 5.91 Å². The fourth-order valence-corrected chi connectivity index (χ4v) is 3.32. The molecule has 1 aromatic carbocycles. The lowest BCUT2D eigenvalue weighted by molar-refractivity contribution is -0.146. The maximum atomic E-state index is 13.0. The lowest BCUT2D eigenvalue weighted by atomic mass is 9.99. The highest BCUT2D eigenvalue weighted by Gasteiger charge is 2.34. The van der Waals surface area contributed by atoms with Crippen molar-refractivity contribution in [3.8, 4) is 5.75 Å². The van der Waals surface area contributed by atoms with Gasteiger partial charge < -0.3 is 14.4 Å². The second kappa shape index (κ2) is 8.22. The Hall–Kier alpha value is -1.55. The van der Waals surface area contributed by atoms with E-state index >= 15 is 0 Å². The van der Waals surface area contributed by atoms with E-state index in [9.17, 15) is 4.79 Å². The van der Waals surface area contributed by atoms with E-state index in [1.54, 1.807) is 4.90 Å². The number of hydrogen-bond donors (Lipinski definition) is 0. The minimum absolute atomic E-state index is 0.0158. The highest BCUT2D eigenvalue weighted by atomic mass is 16.5. The van der Waals surface area contributed by atoms with Crippen LogP contribution in [0, 0.1) is 6.92 Å². The van der Waals surface area contributed by atoms with Crippen LogP contribution in [-0.2, 0) is 9.53 Å². The van der Waals surface area contributed by atoms with Crippen molar-refractivity contribution in [3.05, 3.63) is 29.3 Å². The highest BCUT2D eigenvalue weighted by Crippen LogP contribution is 2.31. The number of nitrogens with zero attached hydrogens (tertiary/aromatic N) is 1. The van der Waals surface area contributed by atoms with Crippen molar-refractivity contribution in [2.75, 3.05) is 20.2 Å². The van der Waals surface area contributed by atoms with Gasteiger partial charge in [-0.05, 0) is 63.1 Å². The molecular weight excluding hydrogens is 314 g/mol. The van der Waals surface area contributed by atoms with Gasteiger partial charge in [0, 0.05) is 20.2 Å². The third-order valence-electron chi connectivity index (χ3n) is 4.77. The van der Waals surface area contributed by atoms with Gasteiger partial charge in [-0.1, -0.05) is 26.0 Å². The fraction of sp³-hybridized carbons (Fsp3) is 0.667. The highest BCUT2D eigenvalue weighted by molar-refractivity contribution is 5.84. The standard InChI is InChI=1S/C21H33NO3/c1-15(2)18-11-10-16(3)13-19(18)25-21(4,5)20(23)22(6)14-17-9-7-8-12-24-17/h10-11,13,15,17H,7-9,12,14H2,1-6H3/t17-/m1/s1. The summed E-state index contributed by atoms with van der Waals surface area (Å²) in [6.07, 6.45) is 3.46. The van der Waals surface area contributed by atoms with Gasteiger partial charge in [0.2, 0.25) is 0 Å². The topological polar surface area (TPSA) is 38.8 Å². The second-order valence-corrected chi connectivity index (χ2v) is 7.98. The number of hydrogen-bond acceptors (Lipinski definition) is 3. The summed E-state index contributed by atoms with van der Waals surface area (Å²) in [7, 11) is 1.84. The summed E-state index contributed by atoms with van der Waals surface area (Å²) in [4.78, 5) is 14.7. The average molecular weight is 347 g/mol. The second-order valence-electron chi connectivity index (χ2n) is 7.98. The molecule has 0 aliphatic carbocycles. The molecule has 0 N–H and O–H groups in total. The van der Waals surface area contributed by atoms with E-state index in [-0.39, 0.29) is 12.0 Å². The minimum Gasteiger partial charge on any atom is -0.478 e. The molecule has 0 saturated carbocycles. The molecule has 0 spiro atoms. The molecule has 1 saturated heterocycles. The van der Waals surface area contributed by atoms with Crippen LogP contribution in [0.4, 0.5) is 0 Å². The first-order chi connectivity index (χ1) is 11.7. The van der Waals surface area contributed by atoms with Gasteiger partial charge in [0.1, 0.15) is 5.75 Å². The Bertz CT molecular complexity index is 589. The molecule has 0 bridgehead atoms. The van der Waals surface area contributed by atoms with Crippen molar-refractivity contribution in [1.82, 2.24) is 4.90 Å². The van der Waals surface area contributed by atoms with Gasteiger partial charge in [-0.3, -0.25) is 4.79 Å². The Labute approximate surface area is 152 Å². The van der Waals surface area contributed by atoms with Gasteiger partial charge in [0.15, 0.2) is 5.60 Å². The number of ether oxygens (including phenoxy) is 2. The molecule has 0 aromatic heterocycles. The van der Waals surface area contributed by atoms with Crippen LogP contribution in [0.15, 0.2) is 18.2 Å². The van der Waals surface area contributed by atoms with Crippen molar-refractivity contribution in [1.29, 1.82) is 0 Å². The number of benzene rings is 1. The molecule has 25 heavy (non-hydrogen) atoms. The van der Waals surface area contributed by atoms with Gasteiger partial charge in [-0.15, -0.1) is 0 Å². The van der Waals surface area contributed by atoms with Crippen LogP contribution in [0.2, 0.25) is 0 Å². The smallest absolute Gasteiger partial charge is 0.266 e. The Morgan fingerprint density at radius 2 is 2.08 bits per heavy atom. The van der Waals surface area contributed by atoms with Crippen LogP contribution in [0.5, 0.6) is 5.75 Å². The van der Waals surface area contributed by atoms with Gasteiger partial charge >= 0.3 is 0 Å². The maximum Gasteiger partial charge on any atom is 0.266 e. The Morgan fingerprint density at radius 3 is 2.68 bits per heavy atom. The first-order valence-electron chi connectivity index (χ1n) is 9.37. The van der Waals surface area contributed by atoms with E-state index in [0.29, 0.717) is 12.5 Å². The zero-order chi connectivity index (χ0) is 18.6. The van der Waals surface area contributed by atoms with Gasteiger partial charge in [0.25, 0.3) is 5.91 Å². The van der Waals surface area contributed by atoms with Gasteiger partial charge in [-0.2, -0.15) is 0 Å². The average Bonchev–Trinajstić information content (AvgIpc) is 2.54. The van der Waals surface area contributed by atoms with Crippen molar-refractivity contribution < 1.29 is 14.3 Å². The summed E-state index contributed by atoms with van der Waals surface area (Å²) in [5.41, 5.74) is 1.34. The largest absolute Gasteiger partial charge is 0.478 e. The number of aryl methyl sites for hydroxylation is 1. The normalized spacial score (nSPS) is 18.3. The summed E-state index contributed by atoms with van der Waals surface area (Å²) in [6, 6.07) is 6.20. The number of carbonyl (C=O) groups is 1. The molecule has 2 rings (SSSR count). The Balaban J connectivity index is 2.09. The predicted molar refractivity (Wildman–Crippen MR) is 101 cm³/mol. The van der Waals surface area contributed by atoms with Crippen LogP contribution >= 0.6 is 0 Å². The summed E-state index contributed by atoms with van der Waals surface area (Å²) in [5, 5.41) is 0. The summed E-state index contributed by atoms with van der Waals surface area (Å²) >= 11 is 0. The SMILES string of the molecule is Cc1ccc(C(C)C)c(OC(C)(C)C(=O)N(C)C[C@H]2CCCCO2)c1. The molecule has 4 nitrogen and oxygen atoms in total. The molecule has 1 aliphatic rings. The zero-order valence-electron chi connectivity index (χ0n) is 16.6. The van der Waals surface area contributed by atoms with Crippen molar-refractivity contribution in [3.63, 3.8) is 0 Å². The molecule has 1 aromatic rings. The molecule has 0 unspecified atom stereocenters. The van der Waals surface area contributed by atoms with Crippen molar-refractivity contribution in [2.45, 2.75) is 71.5 Å². The molecular formula is C21H33NO3. The van der Waals surface area contributed by atoms with Crippen LogP contribution < -0.4 is 4.74 Å². The molecule has 4 heteroatoms. The number of carbonyl (C=O) groups excluding carboxylic acids is 1. The lowest BCUT2D eigenvalue weighted by Crippen LogP contribution is -2.50. The van der Waals surface area contributed by atoms with E-state index in [0.717, 1.165) is 36.3 Å². The zero-order valence-corrected chi connectivity index (χ0v) is 16.6. The monoisotopic (exact) mass is 347 g/mol. The summed E-state index contributed by atoms with van der Waals surface area (Å²) < 4.78 is 12.0. The molecule has 1 aliphatic heterocycles. The van der Waals surface area contributed by atoms with E-state index in [4.69, 9.17) is 9.47 Å². The summed E-state index contributed by atoms with van der Waals surface area (Å²) in [6.45, 7) is 11.4. The molecule has 1 amide bonds. The first kappa shape index (κ1) is 19.8. The molecule has 0 radical (unpaired) electrons. The van der Waals surface area contributed by atoms with E-state index in [2.05, 4.69) is 26.0 Å². The first-order valence-corrected chi connectivity index (χ1v) is 9.37. The maximum absolute atomic E-state index is 13.0. The lowest BCUT2D eigenvalue weighted by Gasteiger charge is -2.34. The third kappa shape index (κ3) is 5.21. The van der Waals surface area contributed by atoms with Crippen LogP contribution in [0.25, 0.3) is 0 Å². The quantitative estimate of drug-likeness (QED) is 0.770. The molecule has 1 fully saturated rings. The Morgan fingerprint density at radius 1 is 1.36 bits per heavy atom. The predicted octanol–water partition coefficient (Wildman–Crippen LogP) is 4.30. The van der Waals surface area contributed by atoms with Gasteiger partial charge in [-0.25, -0.2) is 0 Å². The summed E-state index contributed by atoms with van der Waals surface area (Å²) in [5.74, 6) is 1.13. The van der Waals surface area contributed by atoms with Gasteiger partial charge in [0.05, 0.1) is 6.10 Å². The van der Waals surface area contributed by atoms with E-state index in [1.165, 1.54) is 6.42 Å². The molecule has 1 heterocycles. The Kier molecular flexibility index (Phi) is 6.50. The fourth-order valence-electron chi connectivity index (χ4n) is 3.32.